The van der Waals surface area contributed by atoms with Crippen molar-refractivity contribution < 1.29 is 14.7 Å². The van der Waals surface area contributed by atoms with Crippen LogP contribution in [0.25, 0.3) is 0 Å². The first-order chi connectivity index (χ1) is 8.91. The SMILES string of the molecule is CC(C)N(C)C(=O)NCc1ccccc1CC(=O)O. The molecule has 0 aromatic heterocycles. The molecule has 0 aliphatic heterocycles. The van der Waals surface area contributed by atoms with Gasteiger partial charge in [0, 0.05) is 19.6 Å². The second-order valence-electron chi connectivity index (χ2n) is 4.70. The fourth-order valence-electron chi connectivity index (χ4n) is 1.60. The maximum Gasteiger partial charge on any atom is 0.317 e. The number of carbonyl (C=O) groups is 2. The summed E-state index contributed by atoms with van der Waals surface area (Å²) in [6.45, 7) is 4.19. The molecule has 2 amide bonds. The minimum atomic E-state index is -0.877. The highest BCUT2D eigenvalue weighted by Crippen LogP contribution is 2.09. The topological polar surface area (TPSA) is 69.6 Å². The highest BCUT2D eigenvalue weighted by atomic mass is 16.4. The quantitative estimate of drug-likeness (QED) is 0.853. The van der Waals surface area contributed by atoms with Gasteiger partial charge in [-0.3, -0.25) is 4.79 Å². The number of benzene rings is 1. The van der Waals surface area contributed by atoms with E-state index in [-0.39, 0.29) is 18.5 Å². The van der Waals surface area contributed by atoms with Gasteiger partial charge in [-0.05, 0) is 25.0 Å². The molecule has 5 heteroatoms. The molecule has 1 rings (SSSR count). The highest BCUT2D eigenvalue weighted by molar-refractivity contribution is 5.74. The van der Waals surface area contributed by atoms with Crippen molar-refractivity contribution in [1.82, 2.24) is 10.2 Å². The van der Waals surface area contributed by atoms with Crippen molar-refractivity contribution in [2.24, 2.45) is 0 Å². The lowest BCUT2D eigenvalue weighted by atomic mass is 10.0. The van der Waals surface area contributed by atoms with Crippen molar-refractivity contribution in [3.05, 3.63) is 35.4 Å². The van der Waals surface area contributed by atoms with Crippen molar-refractivity contribution in [3.8, 4) is 0 Å². The lowest BCUT2D eigenvalue weighted by molar-refractivity contribution is -0.136. The number of aliphatic carboxylic acids is 1. The molecular weight excluding hydrogens is 244 g/mol. The summed E-state index contributed by atoms with van der Waals surface area (Å²) in [5.74, 6) is -0.877. The molecule has 0 unspecified atom stereocenters. The second kappa shape index (κ2) is 6.78. The number of amides is 2. The maximum absolute atomic E-state index is 11.8. The lowest BCUT2D eigenvalue weighted by Gasteiger charge is -2.22. The summed E-state index contributed by atoms with van der Waals surface area (Å²) >= 11 is 0. The summed E-state index contributed by atoms with van der Waals surface area (Å²) in [6, 6.07) is 7.17. The minimum absolute atomic E-state index is 0.0357. The Morgan fingerprint density at radius 2 is 1.84 bits per heavy atom. The van der Waals surface area contributed by atoms with Crippen molar-refractivity contribution in [2.45, 2.75) is 32.9 Å². The van der Waals surface area contributed by atoms with E-state index in [1.165, 1.54) is 0 Å². The molecule has 104 valence electrons. The van der Waals surface area contributed by atoms with Crippen LogP contribution in [0.3, 0.4) is 0 Å². The number of urea groups is 1. The number of nitrogens with one attached hydrogen (secondary N) is 1. The van der Waals surface area contributed by atoms with E-state index in [2.05, 4.69) is 5.32 Å². The first kappa shape index (κ1) is 15.0. The van der Waals surface area contributed by atoms with E-state index in [0.29, 0.717) is 6.54 Å². The number of carbonyl (C=O) groups excluding carboxylic acids is 1. The molecule has 0 aliphatic carbocycles. The van der Waals surface area contributed by atoms with E-state index >= 15 is 0 Å². The third-order valence-corrected chi connectivity index (χ3v) is 2.99. The third kappa shape index (κ3) is 4.62. The molecule has 0 aliphatic rings. The van der Waals surface area contributed by atoms with Crippen molar-refractivity contribution in [3.63, 3.8) is 0 Å². The number of carboxylic acid groups (broad SMARTS) is 1. The van der Waals surface area contributed by atoms with Crippen LogP contribution in [0.15, 0.2) is 24.3 Å². The Kier molecular flexibility index (Phi) is 5.36. The number of rotatable bonds is 5. The van der Waals surface area contributed by atoms with Crippen LogP contribution >= 0.6 is 0 Å². The van der Waals surface area contributed by atoms with Crippen molar-refractivity contribution in [1.29, 1.82) is 0 Å². The zero-order valence-electron chi connectivity index (χ0n) is 11.5. The van der Waals surface area contributed by atoms with Crippen LogP contribution in [-0.2, 0) is 17.8 Å². The van der Waals surface area contributed by atoms with Gasteiger partial charge in [0.15, 0.2) is 0 Å². The zero-order valence-corrected chi connectivity index (χ0v) is 11.5. The van der Waals surface area contributed by atoms with Crippen LogP contribution < -0.4 is 5.32 Å². The monoisotopic (exact) mass is 264 g/mol. The Morgan fingerprint density at radius 1 is 1.26 bits per heavy atom. The fourth-order valence-corrected chi connectivity index (χ4v) is 1.60. The molecule has 0 atom stereocenters. The Hall–Kier alpha value is -2.04. The second-order valence-corrected chi connectivity index (χ2v) is 4.70. The molecule has 0 bridgehead atoms. The molecule has 19 heavy (non-hydrogen) atoms. The van der Waals surface area contributed by atoms with E-state index in [0.717, 1.165) is 11.1 Å². The molecule has 5 nitrogen and oxygen atoms in total. The van der Waals surface area contributed by atoms with Crippen molar-refractivity contribution in [2.75, 3.05) is 7.05 Å². The summed E-state index contributed by atoms with van der Waals surface area (Å²) in [7, 11) is 1.73. The number of nitrogens with zero attached hydrogens (tertiary/aromatic N) is 1. The molecule has 0 spiro atoms. The predicted octanol–water partition coefficient (Wildman–Crippen LogP) is 1.86. The van der Waals surface area contributed by atoms with E-state index < -0.39 is 5.97 Å². The van der Waals surface area contributed by atoms with Gasteiger partial charge in [-0.25, -0.2) is 4.79 Å². The zero-order chi connectivity index (χ0) is 14.4. The highest BCUT2D eigenvalue weighted by Gasteiger charge is 2.12. The normalized spacial score (nSPS) is 10.3. The molecule has 0 saturated carbocycles. The van der Waals surface area contributed by atoms with Gasteiger partial charge >= 0.3 is 12.0 Å². The summed E-state index contributed by atoms with van der Waals surface area (Å²) in [5, 5.41) is 11.6. The van der Waals surface area contributed by atoms with Gasteiger partial charge in [0.25, 0.3) is 0 Å². The fraction of sp³-hybridized carbons (Fsp3) is 0.429. The third-order valence-electron chi connectivity index (χ3n) is 2.99. The van der Waals surface area contributed by atoms with Gasteiger partial charge < -0.3 is 15.3 Å². The number of carboxylic acids is 1. The average Bonchev–Trinajstić information content (AvgIpc) is 2.35. The molecule has 1 aromatic rings. The first-order valence-electron chi connectivity index (χ1n) is 6.21. The van der Waals surface area contributed by atoms with Crippen molar-refractivity contribution >= 4 is 12.0 Å². The molecular formula is C14H20N2O3. The van der Waals surface area contributed by atoms with E-state index in [1.807, 2.05) is 26.0 Å². The minimum Gasteiger partial charge on any atom is -0.481 e. The summed E-state index contributed by atoms with van der Waals surface area (Å²) in [5.41, 5.74) is 1.55. The van der Waals surface area contributed by atoms with Gasteiger partial charge in [-0.15, -0.1) is 0 Å². The summed E-state index contributed by atoms with van der Waals surface area (Å²) in [4.78, 5) is 24.1. The lowest BCUT2D eigenvalue weighted by Crippen LogP contribution is -2.40. The summed E-state index contributed by atoms with van der Waals surface area (Å²) in [6.07, 6.45) is -0.0357. The Labute approximate surface area is 113 Å². The van der Waals surface area contributed by atoms with Crippen LogP contribution in [0, 0.1) is 0 Å². The van der Waals surface area contributed by atoms with Gasteiger partial charge in [-0.1, -0.05) is 24.3 Å². The van der Waals surface area contributed by atoms with Crippen LogP contribution in [-0.4, -0.2) is 35.1 Å². The first-order valence-corrected chi connectivity index (χ1v) is 6.21. The van der Waals surface area contributed by atoms with E-state index in [1.54, 1.807) is 24.1 Å². The average molecular weight is 264 g/mol. The van der Waals surface area contributed by atoms with Crippen LogP contribution in [0.1, 0.15) is 25.0 Å². The van der Waals surface area contributed by atoms with Gasteiger partial charge in [0.05, 0.1) is 6.42 Å². The molecule has 0 fully saturated rings. The van der Waals surface area contributed by atoms with E-state index in [9.17, 15) is 9.59 Å². The van der Waals surface area contributed by atoms with Crippen LogP contribution in [0.2, 0.25) is 0 Å². The smallest absolute Gasteiger partial charge is 0.317 e. The molecule has 0 heterocycles. The van der Waals surface area contributed by atoms with Crippen LogP contribution in [0.5, 0.6) is 0 Å². The standard InChI is InChI=1S/C14H20N2O3/c1-10(2)16(3)14(19)15-9-12-7-5-4-6-11(12)8-13(17)18/h4-7,10H,8-9H2,1-3H3,(H,15,19)(H,17,18). The predicted molar refractivity (Wildman–Crippen MR) is 72.9 cm³/mol. The number of hydrogen-bond donors (Lipinski definition) is 2. The molecule has 0 radical (unpaired) electrons. The molecule has 0 saturated heterocycles. The van der Waals surface area contributed by atoms with Crippen LogP contribution in [0.4, 0.5) is 4.79 Å². The van der Waals surface area contributed by atoms with Gasteiger partial charge in [-0.2, -0.15) is 0 Å². The summed E-state index contributed by atoms with van der Waals surface area (Å²) < 4.78 is 0. The van der Waals surface area contributed by atoms with Gasteiger partial charge in [0.1, 0.15) is 0 Å². The Morgan fingerprint density at radius 3 is 2.37 bits per heavy atom. The van der Waals surface area contributed by atoms with E-state index in [4.69, 9.17) is 5.11 Å². The maximum atomic E-state index is 11.8. The largest absolute Gasteiger partial charge is 0.481 e. The van der Waals surface area contributed by atoms with Gasteiger partial charge in [0.2, 0.25) is 0 Å². The Balaban J connectivity index is 2.67. The molecule has 2 N–H and O–H groups in total. The Bertz CT molecular complexity index is 458. The molecule has 1 aromatic carbocycles. The number of hydrogen-bond acceptors (Lipinski definition) is 2.